The van der Waals surface area contributed by atoms with Crippen molar-refractivity contribution in [1.29, 1.82) is 0 Å². The number of amides is 1. The van der Waals surface area contributed by atoms with E-state index in [1.807, 2.05) is 19.1 Å². The SMILES string of the molecule is COc1ccc(C)cc1-n1ccc(C(=O)N(C)Cc2ccccc2C(F)(F)F)n1. The number of rotatable bonds is 5. The van der Waals surface area contributed by atoms with Crippen LogP contribution < -0.4 is 4.74 Å². The van der Waals surface area contributed by atoms with Crippen LogP contribution in [0.25, 0.3) is 5.69 Å². The molecule has 0 saturated heterocycles. The third kappa shape index (κ3) is 4.42. The maximum Gasteiger partial charge on any atom is 0.416 e. The summed E-state index contributed by atoms with van der Waals surface area (Å²) in [5, 5.41) is 4.29. The van der Waals surface area contributed by atoms with Crippen molar-refractivity contribution >= 4 is 5.91 Å². The second kappa shape index (κ2) is 7.98. The quantitative estimate of drug-likeness (QED) is 0.631. The monoisotopic (exact) mass is 403 g/mol. The lowest BCUT2D eigenvalue weighted by molar-refractivity contribution is -0.138. The van der Waals surface area contributed by atoms with Crippen molar-refractivity contribution in [3.63, 3.8) is 0 Å². The number of hydrogen-bond donors (Lipinski definition) is 0. The minimum atomic E-state index is -4.48. The lowest BCUT2D eigenvalue weighted by Gasteiger charge is -2.19. The van der Waals surface area contributed by atoms with Crippen LogP contribution in [0.2, 0.25) is 0 Å². The summed E-state index contributed by atoms with van der Waals surface area (Å²) in [7, 11) is 2.98. The maximum atomic E-state index is 13.2. The summed E-state index contributed by atoms with van der Waals surface area (Å²) in [4.78, 5) is 13.9. The Labute approximate surface area is 166 Å². The Hall–Kier alpha value is -3.29. The molecule has 1 aromatic heterocycles. The summed E-state index contributed by atoms with van der Waals surface area (Å²) in [6, 6.07) is 12.3. The highest BCUT2D eigenvalue weighted by Crippen LogP contribution is 2.32. The van der Waals surface area contributed by atoms with Gasteiger partial charge in [0.25, 0.3) is 5.91 Å². The number of methoxy groups -OCH3 is 1. The Balaban J connectivity index is 1.83. The van der Waals surface area contributed by atoms with E-state index in [9.17, 15) is 18.0 Å². The average molecular weight is 403 g/mol. The molecule has 0 saturated carbocycles. The zero-order valence-corrected chi connectivity index (χ0v) is 16.2. The van der Waals surface area contributed by atoms with Gasteiger partial charge in [-0.1, -0.05) is 24.3 Å². The second-order valence-electron chi connectivity index (χ2n) is 6.64. The molecular formula is C21H20F3N3O2. The molecule has 2 aromatic carbocycles. The van der Waals surface area contributed by atoms with Crippen molar-refractivity contribution in [2.45, 2.75) is 19.6 Å². The van der Waals surface area contributed by atoms with Gasteiger partial charge in [0.15, 0.2) is 5.69 Å². The summed E-state index contributed by atoms with van der Waals surface area (Å²) in [6.07, 6.45) is -2.87. The van der Waals surface area contributed by atoms with Crippen molar-refractivity contribution in [3.8, 4) is 11.4 Å². The molecule has 0 aliphatic rings. The predicted molar refractivity (Wildman–Crippen MR) is 102 cm³/mol. The van der Waals surface area contributed by atoms with E-state index < -0.39 is 17.6 Å². The molecule has 3 aromatic rings. The first-order valence-electron chi connectivity index (χ1n) is 8.82. The zero-order chi connectivity index (χ0) is 21.2. The van der Waals surface area contributed by atoms with E-state index in [0.29, 0.717) is 11.4 Å². The minimum Gasteiger partial charge on any atom is -0.494 e. The third-order valence-corrected chi connectivity index (χ3v) is 4.47. The van der Waals surface area contributed by atoms with Gasteiger partial charge in [0.05, 0.1) is 12.7 Å². The molecule has 152 valence electrons. The Morgan fingerprint density at radius 2 is 1.90 bits per heavy atom. The normalized spacial score (nSPS) is 11.4. The molecular weight excluding hydrogens is 383 g/mol. The van der Waals surface area contributed by atoms with E-state index in [-0.39, 0.29) is 17.8 Å². The van der Waals surface area contributed by atoms with Gasteiger partial charge in [-0.15, -0.1) is 0 Å². The summed E-state index contributed by atoms with van der Waals surface area (Å²) in [6.45, 7) is 1.74. The molecule has 3 rings (SSSR count). The molecule has 0 radical (unpaired) electrons. The van der Waals surface area contributed by atoms with E-state index in [0.717, 1.165) is 11.6 Å². The van der Waals surface area contributed by atoms with E-state index in [1.165, 1.54) is 48.0 Å². The molecule has 1 heterocycles. The van der Waals surface area contributed by atoms with E-state index in [2.05, 4.69) is 5.10 Å². The molecule has 0 aliphatic heterocycles. The van der Waals surface area contributed by atoms with Crippen LogP contribution in [0.4, 0.5) is 13.2 Å². The van der Waals surface area contributed by atoms with E-state index >= 15 is 0 Å². The highest BCUT2D eigenvalue weighted by Gasteiger charge is 2.33. The van der Waals surface area contributed by atoms with Crippen LogP contribution in [0.1, 0.15) is 27.2 Å². The Morgan fingerprint density at radius 1 is 1.17 bits per heavy atom. The molecule has 0 atom stereocenters. The summed E-state index contributed by atoms with van der Waals surface area (Å²) < 4.78 is 46.4. The smallest absolute Gasteiger partial charge is 0.416 e. The third-order valence-electron chi connectivity index (χ3n) is 4.47. The minimum absolute atomic E-state index is 0.0237. The molecule has 0 bridgehead atoms. The van der Waals surface area contributed by atoms with Gasteiger partial charge >= 0.3 is 6.18 Å². The fourth-order valence-electron chi connectivity index (χ4n) is 3.01. The lowest BCUT2D eigenvalue weighted by atomic mass is 10.1. The fourth-order valence-corrected chi connectivity index (χ4v) is 3.01. The van der Waals surface area contributed by atoms with Gasteiger partial charge < -0.3 is 9.64 Å². The van der Waals surface area contributed by atoms with Gasteiger partial charge in [-0.25, -0.2) is 4.68 Å². The summed E-state index contributed by atoms with van der Waals surface area (Å²) in [5.41, 5.74) is 1.05. The first-order valence-corrected chi connectivity index (χ1v) is 8.82. The van der Waals surface area contributed by atoms with Gasteiger partial charge in [0, 0.05) is 19.8 Å². The van der Waals surface area contributed by atoms with Crippen LogP contribution in [0, 0.1) is 6.92 Å². The van der Waals surface area contributed by atoms with Gasteiger partial charge in [0.2, 0.25) is 0 Å². The van der Waals surface area contributed by atoms with Crippen molar-refractivity contribution in [1.82, 2.24) is 14.7 Å². The van der Waals surface area contributed by atoms with Crippen LogP contribution in [0.5, 0.6) is 5.75 Å². The van der Waals surface area contributed by atoms with Gasteiger partial charge in [-0.3, -0.25) is 4.79 Å². The highest BCUT2D eigenvalue weighted by atomic mass is 19.4. The number of carbonyl (C=O) groups is 1. The van der Waals surface area contributed by atoms with Crippen molar-refractivity contribution < 1.29 is 22.7 Å². The van der Waals surface area contributed by atoms with E-state index in [4.69, 9.17) is 4.74 Å². The lowest BCUT2D eigenvalue weighted by Crippen LogP contribution is -2.28. The molecule has 0 fully saturated rings. The van der Waals surface area contributed by atoms with Crippen LogP contribution >= 0.6 is 0 Å². The van der Waals surface area contributed by atoms with Crippen LogP contribution in [0.3, 0.4) is 0 Å². The molecule has 29 heavy (non-hydrogen) atoms. The first kappa shape index (κ1) is 20.4. The standard InChI is InChI=1S/C21H20F3N3O2/c1-14-8-9-19(29-3)18(12-14)27-11-10-17(25-27)20(28)26(2)13-15-6-4-5-7-16(15)21(22,23)24/h4-12H,13H2,1-3H3. The van der Waals surface area contributed by atoms with Crippen LogP contribution in [-0.2, 0) is 12.7 Å². The maximum absolute atomic E-state index is 13.2. The highest BCUT2D eigenvalue weighted by molar-refractivity contribution is 5.92. The Kier molecular flexibility index (Phi) is 5.63. The van der Waals surface area contributed by atoms with Crippen LogP contribution in [0.15, 0.2) is 54.7 Å². The largest absolute Gasteiger partial charge is 0.494 e. The number of carbonyl (C=O) groups excluding carboxylic acids is 1. The zero-order valence-electron chi connectivity index (χ0n) is 16.2. The average Bonchev–Trinajstić information content (AvgIpc) is 3.17. The number of hydrogen-bond acceptors (Lipinski definition) is 3. The predicted octanol–water partition coefficient (Wildman–Crippen LogP) is 4.48. The Morgan fingerprint density at radius 3 is 2.59 bits per heavy atom. The summed E-state index contributed by atoms with van der Waals surface area (Å²) in [5.74, 6) is 0.109. The molecule has 1 amide bonds. The molecule has 0 aliphatic carbocycles. The van der Waals surface area contributed by atoms with Gasteiger partial charge in [-0.2, -0.15) is 18.3 Å². The molecule has 5 nitrogen and oxygen atoms in total. The van der Waals surface area contributed by atoms with Crippen LogP contribution in [-0.4, -0.2) is 34.7 Å². The van der Waals surface area contributed by atoms with E-state index in [1.54, 1.807) is 12.3 Å². The number of aromatic nitrogens is 2. The topological polar surface area (TPSA) is 47.4 Å². The number of nitrogens with zero attached hydrogens (tertiary/aromatic N) is 3. The fraction of sp³-hybridized carbons (Fsp3) is 0.238. The van der Waals surface area contributed by atoms with Gasteiger partial charge in [0.1, 0.15) is 11.4 Å². The molecule has 0 unspecified atom stereocenters. The number of alkyl halides is 3. The number of benzene rings is 2. The van der Waals surface area contributed by atoms with Crippen molar-refractivity contribution in [2.24, 2.45) is 0 Å². The molecule has 0 spiro atoms. The molecule has 0 N–H and O–H groups in total. The summed E-state index contributed by atoms with van der Waals surface area (Å²) >= 11 is 0. The molecule has 8 heteroatoms. The number of ether oxygens (including phenoxy) is 1. The second-order valence-corrected chi connectivity index (χ2v) is 6.64. The number of halogens is 3. The Bertz CT molecular complexity index is 1030. The van der Waals surface area contributed by atoms with Crippen molar-refractivity contribution in [3.05, 3.63) is 77.1 Å². The van der Waals surface area contributed by atoms with Gasteiger partial charge in [-0.05, 0) is 42.3 Å². The van der Waals surface area contributed by atoms with Crippen molar-refractivity contribution in [2.75, 3.05) is 14.2 Å². The first-order chi connectivity index (χ1) is 13.7. The number of aryl methyl sites for hydroxylation is 1.